The molecule has 0 heterocycles. The normalized spacial score (nSPS) is 14.5. The van der Waals surface area contributed by atoms with E-state index < -0.39 is 0 Å². The molecule has 0 saturated carbocycles. The maximum absolute atomic E-state index is 5.72. The average molecular weight is 228 g/mol. The van der Waals surface area contributed by atoms with Crippen molar-refractivity contribution >= 4 is 11.8 Å². The van der Waals surface area contributed by atoms with E-state index in [0.29, 0.717) is 12.6 Å². The first-order valence-corrected chi connectivity index (χ1v) is 7.09. The molecule has 3 heteroatoms. The summed E-state index contributed by atoms with van der Waals surface area (Å²) in [5.74, 6) is 3.99. The Morgan fingerprint density at radius 1 is 1.47 bits per heavy atom. The van der Waals surface area contributed by atoms with Crippen molar-refractivity contribution < 1.29 is 0 Å². The van der Waals surface area contributed by atoms with Crippen molar-refractivity contribution in [2.45, 2.75) is 44.7 Å². The van der Waals surface area contributed by atoms with Crippen LogP contribution in [0.2, 0.25) is 0 Å². The maximum atomic E-state index is 5.72. The molecular formula is C12H24N2S. The predicted molar refractivity (Wildman–Crippen MR) is 71.1 cm³/mol. The number of rotatable bonds is 9. The second-order valence-electron chi connectivity index (χ2n) is 3.74. The molecule has 0 aromatic rings. The molecule has 2 unspecified atom stereocenters. The molecule has 0 amide bonds. The predicted octanol–water partition coefficient (Wildman–Crippen LogP) is 1.85. The summed E-state index contributed by atoms with van der Waals surface area (Å²) in [6.07, 6.45) is 12.1. The van der Waals surface area contributed by atoms with Crippen LogP contribution in [0.4, 0.5) is 0 Å². The lowest BCUT2D eigenvalue weighted by atomic mass is 10.1. The van der Waals surface area contributed by atoms with Gasteiger partial charge in [-0.25, -0.2) is 0 Å². The van der Waals surface area contributed by atoms with Gasteiger partial charge in [0, 0.05) is 12.6 Å². The highest BCUT2D eigenvalue weighted by Crippen LogP contribution is 2.04. The Labute approximate surface area is 98.8 Å². The molecule has 0 aromatic heterocycles. The minimum atomic E-state index is 0.192. The van der Waals surface area contributed by atoms with Gasteiger partial charge >= 0.3 is 0 Å². The smallest absolute Gasteiger partial charge is 0.0689 e. The van der Waals surface area contributed by atoms with E-state index in [1.807, 2.05) is 11.8 Å². The van der Waals surface area contributed by atoms with Crippen molar-refractivity contribution in [3.63, 3.8) is 0 Å². The number of terminal acetylenes is 1. The number of nitrogens with two attached hydrogens (primary N) is 1. The molecular weight excluding hydrogens is 204 g/mol. The van der Waals surface area contributed by atoms with E-state index in [1.165, 1.54) is 12.2 Å². The van der Waals surface area contributed by atoms with Crippen molar-refractivity contribution in [2.24, 2.45) is 5.73 Å². The summed E-state index contributed by atoms with van der Waals surface area (Å²) in [5.41, 5.74) is 5.72. The maximum Gasteiger partial charge on any atom is 0.0689 e. The van der Waals surface area contributed by atoms with Gasteiger partial charge in [0.05, 0.1) is 6.04 Å². The molecule has 0 fully saturated rings. The van der Waals surface area contributed by atoms with E-state index in [9.17, 15) is 0 Å². The number of hydrogen-bond donors (Lipinski definition) is 2. The first-order chi connectivity index (χ1) is 7.28. The molecule has 0 aromatic carbocycles. The molecule has 3 N–H and O–H groups in total. The zero-order valence-electron chi connectivity index (χ0n) is 9.96. The van der Waals surface area contributed by atoms with Gasteiger partial charge in [-0.15, -0.1) is 6.42 Å². The summed E-state index contributed by atoms with van der Waals surface area (Å²) in [4.78, 5) is 0. The Morgan fingerprint density at radius 3 is 2.67 bits per heavy atom. The monoisotopic (exact) mass is 228 g/mol. The molecule has 0 rings (SSSR count). The summed E-state index contributed by atoms with van der Waals surface area (Å²) in [5, 5.41) is 3.44. The lowest BCUT2D eigenvalue weighted by Gasteiger charge is -2.21. The van der Waals surface area contributed by atoms with E-state index in [-0.39, 0.29) is 6.04 Å². The van der Waals surface area contributed by atoms with Crippen molar-refractivity contribution in [3.8, 4) is 12.3 Å². The standard InChI is InChI=1S/C12H24N2S/c1-4-7-11(5-2)14-12(10-13)8-6-9-15-3/h2,11-12,14H,4,6-10,13H2,1,3H3. The van der Waals surface area contributed by atoms with Crippen LogP contribution in [0.15, 0.2) is 0 Å². The first-order valence-electron chi connectivity index (χ1n) is 5.69. The summed E-state index contributed by atoms with van der Waals surface area (Å²) >= 11 is 1.88. The molecule has 0 bridgehead atoms. The van der Waals surface area contributed by atoms with E-state index in [4.69, 9.17) is 12.2 Å². The van der Waals surface area contributed by atoms with Crippen LogP contribution in [0.3, 0.4) is 0 Å². The van der Waals surface area contributed by atoms with Gasteiger partial charge in [0.15, 0.2) is 0 Å². The summed E-state index contributed by atoms with van der Waals surface area (Å²) in [6, 6.07) is 0.572. The lowest BCUT2D eigenvalue weighted by Crippen LogP contribution is -2.42. The molecule has 0 spiro atoms. The van der Waals surface area contributed by atoms with E-state index in [1.54, 1.807) is 0 Å². The van der Waals surface area contributed by atoms with Crippen molar-refractivity contribution in [2.75, 3.05) is 18.6 Å². The summed E-state index contributed by atoms with van der Waals surface area (Å²) in [6.45, 7) is 2.83. The fourth-order valence-electron chi connectivity index (χ4n) is 1.53. The fraction of sp³-hybridized carbons (Fsp3) is 0.833. The Kier molecular flexibility index (Phi) is 10.2. The Bertz CT molecular complexity index is 177. The molecule has 0 radical (unpaired) electrons. The molecule has 0 saturated heterocycles. The van der Waals surface area contributed by atoms with Crippen LogP contribution in [0.5, 0.6) is 0 Å². The average Bonchev–Trinajstić information content (AvgIpc) is 2.26. The summed E-state index contributed by atoms with van der Waals surface area (Å²) in [7, 11) is 0. The number of hydrogen-bond acceptors (Lipinski definition) is 3. The quantitative estimate of drug-likeness (QED) is 0.467. The van der Waals surface area contributed by atoms with Gasteiger partial charge in [-0.05, 0) is 31.3 Å². The lowest BCUT2D eigenvalue weighted by molar-refractivity contribution is 0.438. The van der Waals surface area contributed by atoms with E-state index >= 15 is 0 Å². The van der Waals surface area contributed by atoms with Crippen LogP contribution in [0.1, 0.15) is 32.6 Å². The zero-order chi connectivity index (χ0) is 11.5. The van der Waals surface area contributed by atoms with Gasteiger partial charge in [0.2, 0.25) is 0 Å². The second kappa shape index (κ2) is 10.4. The SMILES string of the molecule is C#CC(CCC)NC(CN)CCCSC. The summed E-state index contributed by atoms with van der Waals surface area (Å²) < 4.78 is 0. The molecule has 2 nitrogen and oxygen atoms in total. The van der Waals surface area contributed by atoms with Crippen LogP contribution in [-0.4, -0.2) is 30.6 Å². The highest BCUT2D eigenvalue weighted by atomic mass is 32.2. The third-order valence-corrected chi connectivity index (χ3v) is 3.10. The van der Waals surface area contributed by atoms with Crippen molar-refractivity contribution in [1.82, 2.24) is 5.32 Å². The third kappa shape index (κ3) is 7.72. The Hall–Kier alpha value is -0.170. The highest BCUT2D eigenvalue weighted by Gasteiger charge is 2.10. The van der Waals surface area contributed by atoms with Crippen LogP contribution in [-0.2, 0) is 0 Å². The largest absolute Gasteiger partial charge is 0.329 e. The third-order valence-electron chi connectivity index (χ3n) is 2.40. The Balaban J connectivity index is 3.80. The van der Waals surface area contributed by atoms with Crippen LogP contribution >= 0.6 is 11.8 Å². The van der Waals surface area contributed by atoms with Gasteiger partial charge in [-0.1, -0.05) is 19.3 Å². The van der Waals surface area contributed by atoms with Crippen molar-refractivity contribution in [3.05, 3.63) is 0 Å². The van der Waals surface area contributed by atoms with Crippen molar-refractivity contribution in [1.29, 1.82) is 0 Å². The molecule has 15 heavy (non-hydrogen) atoms. The fourth-order valence-corrected chi connectivity index (χ4v) is 1.99. The Morgan fingerprint density at radius 2 is 2.20 bits per heavy atom. The number of nitrogens with one attached hydrogen (secondary N) is 1. The van der Waals surface area contributed by atoms with Gasteiger partial charge < -0.3 is 5.73 Å². The minimum Gasteiger partial charge on any atom is -0.329 e. The van der Waals surface area contributed by atoms with Gasteiger partial charge in [0.1, 0.15) is 0 Å². The van der Waals surface area contributed by atoms with Crippen LogP contribution in [0, 0.1) is 12.3 Å². The topological polar surface area (TPSA) is 38.0 Å². The van der Waals surface area contributed by atoms with Gasteiger partial charge in [0.25, 0.3) is 0 Å². The van der Waals surface area contributed by atoms with Gasteiger partial charge in [-0.3, -0.25) is 5.32 Å². The second-order valence-corrected chi connectivity index (χ2v) is 4.73. The minimum absolute atomic E-state index is 0.192. The number of thioether (sulfide) groups is 1. The molecule has 0 aliphatic carbocycles. The molecule has 2 atom stereocenters. The molecule has 0 aliphatic heterocycles. The first kappa shape index (κ1) is 14.8. The van der Waals surface area contributed by atoms with Crippen LogP contribution < -0.4 is 11.1 Å². The zero-order valence-corrected chi connectivity index (χ0v) is 10.8. The van der Waals surface area contributed by atoms with Crippen LogP contribution in [0.25, 0.3) is 0 Å². The van der Waals surface area contributed by atoms with E-state index in [0.717, 1.165) is 19.3 Å². The molecule has 88 valence electrons. The van der Waals surface area contributed by atoms with Gasteiger partial charge in [-0.2, -0.15) is 11.8 Å². The molecule has 0 aliphatic rings. The highest BCUT2D eigenvalue weighted by molar-refractivity contribution is 7.98. The van der Waals surface area contributed by atoms with E-state index in [2.05, 4.69) is 24.4 Å².